The molecule has 0 spiro atoms. The molecule has 0 saturated carbocycles. The van der Waals surface area contributed by atoms with Crippen LogP contribution in [0.25, 0.3) is 0 Å². The minimum atomic E-state index is -0.520. The molecular formula is C11H14N4O3. The van der Waals surface area contributed by atoms with Crippen LogP contribution in [0.3, 0.4) is 0 Å². The highest BCUT2D eigenvalue weighted by molar-refractivity contribution is 5.87. The van der Waals surface area contributed by atoms with Gasteiger partial charge in [0.1, 0.15) is 5.82 Å². The van der Waals surface area contributed by atoms with Gasteiger partial charge in [0.15, 0.2) is 5.69 Å². The van der Waals surface area contributed by atoms with Crippen molar-refractivity contribution < 1.29 is 14.3 Å². The molecule has 0 aliphatic carbocycles. The lowest BCUT2D eigenvalue weighted by Gasteiger charge is -2.20. The molecule has 1 aromatic rings. The number of anilines is 1. The van der Waals surface area contributed by atoms with Gasteiger partial charge in [0.2, 0.25) is 5.91 Å². The highest BCUT2D eigenvalue weighted by atomic mass is 16.5. The highest BCUT2D eigenvalue weighted by Crippen LogP contribution is 2.11. The lowest BCUT2D eigenvalue weighted by molar-refractivity contribution is -0.120. The van der Waals surface area contributed by atoms with Crippen LogP contribution in [-0.4, -0.2) is 48.6 Å². The predicted molar refractivity (Wildman–Crippen MR) is 63.2 cm³/mol. The summed E-state index contributed by atoms with van der Waals surface area (Å²) in [7, 11) is 1.30. The summed E-state index contributed by atoms with van der Waals surface area (Å²) in [6.45, 7) is 1.76. The van der Waals surface area contributed by atoms with E-state index in [2.05, 4.69) is 20.0 Å². The molecule has 1 N–H and O–H groups in total. The molecule has 1 saturated heterocycles. The third-order valence-corrected chi connectivity index (χ3v) is 2.65. The Morgan fingerprint density at radius 2 is 2.28 bits per heavy atom. The molecule has 1 fully saturated rings. The lowest BCUT2D eigenvalue weighted by Crippen LogP contribution is -2.29. The molecule has 2 heterocycles. The minimum absolute atomic E-state index is 0.0228. The SMILES string of the molecule is COC(=O)c1cncc(N2CCNC(=O)CC2)n1. The zero-order valence-corrected chi connectivity index (χ0v) is 10.0. The van der Waals surface area contributed by atoms with Crippen LogP contribution in [0.1, 0.15) is 16.9 Å². The van der Waals surface area contributed by atoms with Crippen molar-refractivity contribution in [2.24, 2.45) is 0 Å². The van der Waals surface area contributed by atoms with Crippen molar-refractivity contribution in [1.29, 1.82) is 0 Å². The summed E-state index contributed by atoms with van der Waals surface area (Å²) in [4.78, 5) is 32.7. The number of nitrogens with one attached hydrogen (secondary N) is 1. The standard InChI is InChI=1S/C11H14N4O3/c1-18-11(17)8-6-12-7-9(14-8)15-4-2-10(16)13-3-5-15/h6-7H,2-5H2,1H3,(H,13,16). The second-order valence-electron chi connectivity index (χ2n) is 3.84. The molecule has 7 nitrogen and oxygen atoms in total. The van der Waals surface area contributed by atoms with Crippen molar-refractivity contribution in [3.8, 4) is 0 Å². The first-order chi connectivity index (χ1) is 8.70. The van der Waals surface area contributed by atoms with E-state index < -0.39 is 5.97 Å². The maximum atomic E-state index is 11.4. The molecule has 96 valence electrons. The molecule has 0 atom stereocenters. The Balaban J connectivity index is 2.17. The fourth-order valence-corrected chi connectivity index (χ4v) is 1.71. The summed E-state index contributed by atoms with van der Waals surface area (Å²) in [5.41, 5.74) is 0.165. The third kappa shape index (κ3) is 2.73. The summed E-state index contributed by atoms with van der Waals surface area (Å²) in [6.07, 6.45) is 3.34. The maximum absolute atomic E-state index is 11.4. The summed E-state index contributed by atoms with van der Waals surface area (Å²) in [6, 6.07) is 0. The Kier molecular flexibility index (Phi) is 3.71. The Labute approximate surface area is 104 Å². The minimum Gasteiger partial charge on any atom is -0.464 e. The second-order valence-corrected chi connectivity index (χ2v) is 3.84. The monoisotopic (exact) mass is 250 g/mol. The van der Waals surface area contributed by atoms with Crippen LogP contribution in [0.5, 0.6) is 0 Å². The van der Waals surface area contributed by atoms with Crippen LogP contribution < -0.4 is 10.2 Å². The van der Waals surface area contributed by atoms with Gasteiger partial charge in [-0.3, -0.25) is 9.78 Å². The second kappa shape index (κ2) is 5.44. The van der Waals surface area contributed by atoms with Crippen LogP contribution in [0.4, 0.5) is 5.82 Å². The number of hydrogen-bond donors (Lipinski definition) is 1. The quantitative estimate of drug-likeness (QED) is 0.718. The van der Waals surface area contributed by atoms with Crippen molar-refractivity contribution in [1.82, 2.24) is 15.3 Å². The first-order valence-electron chi connectivity index (χ1n) is 5.62. The lowest BCUT2D eigenvalue weighted by atomic mass is 10.3. The number of hydrogen-bond acceptors (Lipinski definition) is 6. The largest absolute Gasteiger partial charge is 0.464 e. The van der Waals surface area contributed by atoms with E-state index in [0.29, 0.717) is 31.9 Å². The number of carbonyl (C=O) groups is 2. The number of aromatic nitrogens is 2. The van der Waals surface area contributed by atoms with Crippen LogP contribution in [0.15, 0.2) is 12.4 Å². The molecule has 0 aromatic carbocycles. The average molecular weight is 250 g/mol. The summed E-state index contributed by atoms with van der Waals surface area (Å²) in [5.74, 6) is 0.0809. The van der Waals surface area contributed by atoms with E-state index in [1.165, 1.54) is 13.3 Å². The number of methoxy groups -OCH3 is 1. The van der Waals surface area contributed by atoms with Gasteiger partial charge in [-0.1, -0.05) is 0 Å². The summed E-state index contributed by atoms with van der Waals surface area (Å²) >= 11 is 0. The number of nitrogens with zero attached hydrogens (tertiary/aromatic N) is 3. The van der Waals surface area contributed by atoms with Gasteiger partial charge in [-0.15, -0.1) is 0 Å². The zero-order valence-electron chi connectivity index (χ0n) is 10.0. The molecule has 1 aliphatic rings. The van der Waals surface area contributed by atoms with E-state index in [4.69, 9.17) is 0 Å². The van der Waals surface area contributed by atoms with Gasteiger partial charge in [-0.2, -0.15) is 0 Å². The Morgan fingerprint density at radius 3 is 3.06 bits per heavy atom. The Bertz CT molecular complexity index is 463. The predicted octanol–water partition coefficient (Wildman–Crippen LogP) is -0.410. The number of ether oxygens (including phenoxy) is 1. The number of esters is 1. The number of carbonyl (C=O) groups excluding carboxylic acids is 2. The molecule has 0 unspecified atom stereocenters. The van der Waals surface area contributed by atoms with E-state index >= 15 is 0 Å². The molecular weight excluding hydrogens is 236 g/mol. The van der Waals surface area contributed by atoms with E-state index in [1.807, 2.05) is 4.90 Å². The average Bonchev–Trinajstić information content (AvgIpc) is 2.63. The zero-order chi connectivity index (χ0) is 13.0. The summed E-state index contributed by atoms with van der Waals surface area (Å²) < 4.78 is 4.59. The maximum Gasteiger partial charge on any atom is 0.358 e. The van der Waals surface area contributed by atoms with Gasteiger partial charge >= 0.3 is 5.97 Å². The first kappa shape index (κ1) is 12.3. The summed E-state index contributed by atoms with van der Waals surface area (Å²) in [5, 5.41) is 2.77. The molecule has 18 heavy (non-hydrogen) atoms. The van der Waals surface area contributed by atoms with Gasteiger partial charge in [0, 0.05) is 26.1 Å². The Morgan fingerprint density at radius 1 is 1.44 bits per heavy atom. The molecule has 0 bridgehead atoms. The van der Waals surface area contributed by atoms with Crippen LogP contribution in [0, 0.1) is 0 Å². The van der Waals surface area contributed by atoms with E-state index in [-0.39, 0.29) is 11.6 Å². The van der Waals surface area contributed by atoms with Crippen molar-refractivity contribution in [2.45, 2.75) is 6.42 Å². The van der Waals surface area contributed by atoms with Gasteiger partial charge in [-0.25, -0.2) is 9.78 Å². The third-order valence-electron chi connectivity index (χ3n) is 2.65. The van der Waals surface area contributed by atoms with Crippen molar-refractivity contribution in [2.75, 3.05) is 31.6 Å². The number of amides is 1. The van der Waals surface area contributed by atoms with Crippen LogP contribution >= 0.6 is 0 Å². The van der Waals surface area contributed by atoms with Gasteiger partial charge in [0.25, 0.3) is 0 Å². The van der Waals surface area contributed by atoms with Crippen LogP contribution in [-0.2, 0) is 9.53 Å². The van der Waals surface area contributed by atoms with E-state index in [9.17, 15) is 9.59 Å². The molecule has 1 aliphatic heterocycles. The van der Waals surface area contributed by atoms with Crippen molar-refractivity contribution in [3.63, 3.8) is 0 Å². The first-order valence-corrected chi connectivity index (χ1v) is 5.62. The molecule has 1 amide bonds. The Hall–Kier alpha value is -2.18. The molecule has 7 heteroatoms. The van der Waals surface area contributed by atoms with Gasteiger partial charge in [-0.05, 0) is 0 Å². The number of rotatable bonds is 2. The van der Waals surface area contributed by atoms with E-state index in [1.54, 1.807) is 6.20 Å². The molecule has 1 aromatic heterocycles. The van der Waals surface area contributed by atoms with E-state index in [0.717, 1.165) is 0 Å². The smallest absolute Gasteiger partial charge is 0.358 e. The van der Waals surface area contributed by atoms with Crippen molar-refractivity contribution in [3.05, 3.63) is 18.1 Å². The fourth-order valence-electron chi connectivity index (χ4n) is 1.71. The molecule has 0 radical (unpaired) electrons. The topological polar surface area (TPSA) is 84.4 Å². The van der Waals surface area contributed by atoms with Gasteiger partial charge < -0.3 is 15.0 Å². The van der Waals surface area contributed by atoms with Crippen molar-refractivity contribution >= 4 is 17.7 Å². The van der Waals surface area contributed by atoms with Gasteiger partial charge in [0.05, 0.1) is 19.5 Å². The van der Waals surface area contributed by atoms with Crippen LogP contribution in [0.2, 0.25) is 0 Å². The fraction of sp³-hybridized carbons (Fsp3) is 0.455. The highest BCUT2D eigenvalue weighted by Gasteiger charge is 2.17. The molecule has 2 rings (SSSR count). The normalized spacial score (nSPS) is 15.8.